The number of hydrogen-bond acceptors (Lipinski definition) is 4. The van der Waals surface area contributed by atoms with Gasteiger partial charge in [-0.3, -0.25) is 14.2 Å². The first-order valence-corrected chi connectivity index (χ1v) is 11.5. The van der Waals surface area contributed by atoms with Gasteiger partial charge < -0.3 is 4.98 Å². The second-order valence-electron chi connectivity index (χ2n) is 7.46. The maximum atomic E-state index is 13.5. The van der Waals surface area contributed by atoms with Gasteiger partial charge in [-0.2, -0.15) is 0 Å². The lowest BCUT2D eigenvalue weighted by Gasteiger charge is -2.11. The molecule has 5 rings (SSSR count). The summed E-state index contributed by atoms with van der Waals surface area (Å²) in [4.78, 5) is 34.5. The van der Waals surface area contributed by atoms with Crippen molar-refractivity contribution in [2.45, 2.75) is 18.6 Å². The predicted octanol–water partition coefficient (Wildman–Crippen LogP) is 5.54. The van der Waals surface area contributed by atoms with E-state index in [2.05, 4.69) is 9.97 Å². The van der Waals surface area contributed by atoms with Crippen LogP contribution in [0.1, 0.15) is 17.3 Å². The summed E-state index contributed by atoms with van der Waals surface area (Å²) in [5, 5.41) is 2.05. The third kappa shape index (κ3) is 3.52. The first-order chi connectivity index (χ1) is 15.7. The Morgan fingerprint density at radius 2 is 1.62 bits per heavy atom. The van der Waals surface area contributed by atoms with E-state index in [0.717, 1.165) is 22.2 Å². The SMILES string of the molecule is CCn1c(SCC(=O)c2c(-c3ccccc3)[nH]c3ccccc23)nc2ccccc2c1=O. The molecule has 0 aliphatic rings. The van der Waals surface area contributed by atoms with E-state index >= 15 is 0 Å². The van der Waals surface area contributed by atoms with E-state index in [1.807, 2.05) is 79.7 Å². The summed E-state index contributed by atoms with van der Waals surface area (Å²) < 4.78 is 1.63. The molecule has 5 nitrogen and oxygen atoms in total. The summed E-state index contributed by atoms with van der Waals surface area (Å²) in [5.41, 5.74) is 3.95. The minimum atomic E-state index is -0.0786. The molecule has 0 amide bonds. The van der Waals surface area contributed by atoms with Crippen molar-refractivity contribution in [3.05, 3.63) is 94.8 Å². The van der Waals surface area contributed by atoms with Crippen molar-refractivity contribution in [3.63, 3.8) is 0 Å². The Labute approximate surface area is 189 Å². The van der Waals surface area contributed by atoms with Crippen LogP contribution in [0.25, 0.3) is 33.1 Å². The summed E-state index contributed by atoms with van der Waals surface area (Å²) >= 11 is 1.31. The highest BCUT2D eigenvalue weighted by Crippen LogP contribution is 2.32. The van der Waals surface area contributed by atoms with Gasteiger partial charge in [0.25, 0.3) is 5.56 Å². The van der Waals surface area contributed by atoms with Gasteiger partial charge in [-0.25, -0.2) is 4.98 Å². The van der Waals surface area contributed by atoms with E-state index in [1.165, 1.54) is 11.8 Å². The highest BCUT2D eigenvalue weighted by atomic mass is 32.2. The Hall–Kier alpha value is -3.64. The maximum absolute atomic E-state index is 13.5. The molecule has 0 spiro atoms. The Morgan fingerprint density at radius 3 is 2.41 bits per heavy atom. The number of para-hydroxylation sites is 2. The largest absolute Gasteiger partial charge is 0.354 e. The molecular weight excluding hydrogens is 418 g/mol. The van der Waals surface area contributed by atoms with Crippen molar-refractivity contribution in [1.82, 2.24) is 14.5 Å². The van der Waals surface area contributed by atoms with Gasteiger partial charge in [0.15, 0.2) is 10.9 Å². The number of nitrogens with one attached hydrogen (secondary N) is 1. The van der Waals surface area contributed by atoms with E-state index in [1.54, 1.807) is 10.6 Å². The summed E-state index contributed by atoms with van der Waals surface area (Å²) in [5.74, 6) is 0.184. The Morgan fingerprint density at radius 1 is 0.938 bits per heavy atom. The normalized spacial score (nSPS) is 11.3. The molecule has 0 aliphatic heterocycles. The molecule has 0 fully saturated rings. The van der Waals surface area contributed by atoms with Crippen molar-refractivity contribution in [1.29, 1.82) is 0 Å². The van der Waals surface area contributed by atoms with Gasteiger partial charge in [0.05, 0.1) is 27.9 Å². The van der Waals surface area contributed by atoms with Gasteiger partial charge >= 0.3 is 0 Å². The molecule has 32 heavy (non-hydrogen) atoms. The minimum Gasteiger partial charge on any atom is -0.354 e. The summed E-state index contributed by atoms with van der Waals surface area (Å²) in [6.07, 6.45) is 0. The van der Waals surface area contributed by atoms with E-state index in [-0.39, 0.29) is 17.1 Å². The highest BCUT2D eigenvalue weighted by molar-refractivity contribution is 7.99. The Balaban J connectivity index is 1.54. The molecule has 3 aromatic carbocycles. The average molecular weight is 440 g/mol. The van der Waals surface area contributed by atoms with Gasteiger partial charge in [0.2, 0.25) is 0 Å². The summed E-state index contributed by atoms with van der Waals surface area (Å²) in [6.45, 7) is 2.41. The Kier molecular flexibility index (Phi) is 5.37. The van der Waals surface area contributed by atoms with Crippen LogP contribution >= 0.6 is 11.8 Å². The summed E-state index contributed by atoms with van der Waals surface area (Å²) in [6, 6.07) is 25.0. The number of ketones is 1. The van der Waals surface area contributed by atoms with Crippen LogP contribution in [0.4, 0.5) is 0 Å². The molecule has 0 radical (unpaired) electrons. The number of Topliss-reactive ketones (excluding diaryl/α,β-unsaturated/α-hetero) is 1. The number of aromatic nitrogens is 3. The fourth-order valence-electron chi connectivity index (χ4n) is 3.99. The number of thioether (sulfide) groups is 1. The molecule has 158 valence electrons. The molecular formula is C26H21N3O2S. The number of carbonyl (C=O) groups is 1. The van der Waals surface area contributed by atoms with Crippen molar-refractivity contribution >= 4 is 39.4 Å². The monoisotopic (exact) mass is 439 g/mol. The molecule has 5 aromatic rings. The lowest BCUT2D eigenvalue weighted by molar-refractivity contribution is 0.102. The van der Waals surface area contributed by atoms with Gasteiger partial charge in [0, 0.05) is 17.4 Å². The molecule has 2 aromatic heterocycles. The fourth-order valence-corrected chi connectivity index (χ4v) is 4.93. The molecule has 0 bridgehead atoms. The fraction of sp³-hybridized carbons (Fsp3) is 0.115. The zero-order chi connectivity index (χ0) is 22.1. The highest BCUT2D eigenvalue weighted by Gasteiger charge is 2.20. The first kappa shape index (κ1) is 20.3. The predicted molar refractivity (Wildman–Crippen MR) is 130 cm³/mol. The minimum absolute atomic E-state index is 0.00337. The van der Waals surface area contributed by atoms with Crippen LogP contribution in [0.5, 0.6) is 0 Å². The number of benzene rings is 3. The van der Waals surface area contributed by atoms with Crippen molar-refractivity contribution < 1.29 is 4.79 Å². The number of carbonyl (C=O) groups excluding carboxylic acids is 1. The molecule has 0 atom stereocenters. The maximum Gasteiger partial charge on any atom is 0.262 e. The van der Waals surface area contributed by atoms with Crippen molar-refractivity contribution in [3.8, 4) is 11.3 Å². The zero-order valence-electron chi connectivity index (χ0n) is 17.5. The Bertz CT molecular complexity index is 1500. The second-order valence-corrected chi connectivity index (χ2v) is 8.40. The molecule has 2 heterocycles. The number of nitrogens with zero attached hydrogens (tertiary/aromatic N) is 2. The standard InChI is InChI=1S/C26H21N3O2S/c1-2-29-25(31)19-13-7-9-15-21(19)28-26(29)32-16-22(30)23-18-12-6-8-14-20(18)27-24(23)17-10-4-3-5-11-17/h3-15,27H,2,16H2,1H3. The van der Waals surface area contributed by atoms with Crippen LogP contribution in [0.3, 0.4) is 0 Å². The van der Waals surface area contributed by atoms with E-state index < -0.39 is 0 Å². The topological polar surface area (TPSA) is 67.8 Å². The second kappa shape index (κ2) is 8.48. The van der Waals surface area contributed by atoms with Crippen LogP contribution in [0.15, 0.2) is 88.8 Å². The van der Waals surface area contributed by atoms with E-state index in [0.29, 0.717) is 28.2 Å². The number of H-pyrrole nitrogens is 1. The van der Waals surface area contributed by atoms with Crippen LogP contribution in [0.2, 0.25) is 0 Å². The van der Waals surface area contributed by atoms with Crippen LogP contribution < -0.4 is 5.56 Å². The van der Waals surface area contributed by atoms with Gasteiger partial charge in [0.1, 0.15) is 0 Å². The molecule has 6 heteroatoms. The van der Waals surface area contributed by atoms with Crippen LogP contribution in [0, 0.1) is 0 Å². The third-order valence-electron chi connectivity index (χ3n) is 5.52. The van der Waals surface area contributed by atoms with Gasteiger partial charge in [-0.05, 0) is 30.7 Å². The molecule has 0 saturated heterocycles. The summed E-state index contributed by atoms with van der Waals surface area (Å²) in [7, 11) is 0. The van der Waals surface area contributed by atoms with Crippen molar-refractivity contribution in [2.75, 3.05) is 5.75 Å². The smallest absolute Gasteiger partial charge is 0.262 e. The third-order valence-corrected chi connectivity index (χ3v) is 6.50. The van der Waals surface area contributed by atoms with Gasteiger partial charge in [-0.1, -0.05) is 72.4 Å². The molecule has 0 unspecified atom stereocenters. The van der Waals surface area contributed by atoms with E-state index in [4.69, 9.17) is 0 Å². The van der Waals surface area contributed by atoms with Crippen molar-refractivity contribution in [2.24, 2.45) is 0 Å². The number of rotatable bonds is 6. The molecule has 0 aliphatic carbocycles. The van der Waals surface area contributed by atoms with Crippen LogP contribution in [-0.4, -0.2) is 26.1 Å². The molecule has 1 N–H and O–H groups in total. The number of fused-ring (bicyclic) bond motifs is 2. The number of aromatic amines is 1. The quantitative estimate of drug-likeness (QED) is 0.214. The molecule has 0 saturated carbocycles. The van der Waals surface area contributed by atoms with E-state index in [9.17, 15) is 9.59 Å². The zero-order valence-corrected chi connectivity index (χ0v) is 18.4. The van der Waals surface area contributed by atoms with Crippen LogP contribution in [-0.2, 0) is 6.54 Å². The first-order valence-electron chi connectivity index (χ1n) is 10.5. The lowest BCUT2D eigenvalue weighted by atomic mass is 10.0. The lowest BCUT2D eigenvalue weighted by Crippen LogP contribution is -2.22. The van der Waals surface area contributed by atoms with Gasteiger partial charge in [-0.15, -0.1) is 0 Å². The number of hydrogen-bond donors (Lipinski definition) is 1. The average Bonchev–Trinajstić information content (AvgIpc) is 3.23.